The lowest BCUT2D eigenvalue weighted by molar-refractivity contribution is -0.125. The summed E-state index contributed by atoms with van der Waals surface area (Å²) in [6, 6.07) is 0. The van der Waals surface area contributed by atoms with Gasteiger partial charge in [-0.3, -0.25) is 4.79 Å². The molecule has 0 bridgehead atoms. The smallest absolute Gasteiger partial charge is 0.241 e. The predicted octanol–water partition coefficient (Wildman–Crippen LogP) is 1.79. The van der Waals surface area contributed by atoms with E-state index in [1.54, 1.807) is 0 Å². The summed E-state index contributed by atoms with van der Waals surface area (Å²) in [5.74, 6) is -0.427. The topological polar surface area (TPSA) is 83.5 Å². The fourth-order valence-corrected chi connectivity index (χ4v) is 5.67. The molecule has 2 saturated carbocycles. The first-order chi connectivity index (χ1) is 10.00. The maximum absolute atomic E-state index is 12.6. The molecule has 0 aliphatic heterocycles. The van der Waals surface area contributed by atoms with Gasteiger partial charge in [-0.05, 0) is 43.9 Å². The zero-order chi connectivity index (χ0) is 16.6. The number of nitrogens with one attached hydrogen (secondary N) is 1. The Hall–Kier alpha value is -0.620. The van der Waals surface area contributed by atoms with E-state index in [-0.39, 0.29) is 12.0 Å². The Morgan fingerprint density at radius 2 is 1.68 bits per heavy atom. The van der Waals surface area contributed by atoms with Crippen molar-refractivity contribution in [3.05, 3.63) is 0 Å². The molecule has 2 aliphatic rings. The normalized spacial score (nSPS) is 30.9. The van der Waals surface area contributed by atoms with E-state index in [2.05, 4.69) is 19.2 Å². The van der Waals surface area contributed by atoms with E-state index in [9.17, 15) is 18.3 Å². The van der Waals surface area contributed by atoms with Gasteiger partial charge in [0, 0.05) is 12.8 Å². The molecule has 1 atom stereocenters. The molecule has 0 aromatic rings. The summed E-state index contributed by atoms with van der Waals surface area (Å²) in [7, 11) is -3.45. The molecule has 22 heavy (non-hydrogen) atoms. The third-order valence-corrected chi connectivity index (χ3v) is 7.43. The highest BCUT2D eigenvalue weighted by Gasteiger charge is 2.50. The van der Waals surface area contributed by atoms with Crippen molar-refractivity contribution in [3.8, 4) is 0 Å². The maximum atomic E-state index is 12.6. The second-order valence-electron chi connectivity index (χ2n) is 8.08. The molecule has 1 unspecified atom stereocenters. The fraction of sp³-hybridized carbons (Fsp3) is 0.938. The number of sulfone groups is 1. The van der Waals surface area contributed by atoms with Crippen molar-refractivity contribution in [2.75, 3.05) is 12.8 Å². The van der Waals surface area contributed by atoms with Crippen LogP contribution in [0.15, 0.2) is 0 Å². The molecule has 5 nitrogen and oxygen atoms in total. The molecule has 6 heteroatoms. The molecule has 0 radical (unpaired) electrons. The van der Waals surface area contributed by atoms with Crippen LogP contribution in [-0.2, 0) is 14.6 Å². The van der Waals surface area contributed by atoms with Gasteiger partial charge in [0.25, 0.3) is 0 Å². The Kier molecular flexibility index (Phi) is 4.66. The van der Waals surface area contributed by atoms with Crippen LogP contribution in [-0.4, -0.2) is 42.6 Å². The first kappa shape index (κ1) is 17.7. The van der Waals surface area contributed by atoms with E-state index < -0.39 is 26.1 Å². The van der Waals surface area contributed by atoms with Crippen LogP contribution in [0.5, 0.6) is 0 Å². The van der Waals surface area contributed by atoms with Crippen LogP contribution >= 0.6 is 0 Å². The summed E-state index contributed by atoms with van der Waals surface area (Å²) in [6.45, 7) is 4.38. The highest BCUT2D eigenvalue weighted by atomic mass is 32.2. The van der Waals surface area contributed by atoms with Gasteiger partial charge < -0.3 is 10.4 Å². The average molecular weight is 331 g/mol. The minimum Gasteiger partial charge on any atom is -0.388 e. The third-order valence-electron chi connectivity index (χ3n) is 5.42. The van der Waals surface area contributed by atoms with Gasteiger partial charge in [-0.25, -0.2) is 8.42 Å². The summed E-state index contributed by atoms with van der Waals surface area (Å²) < 4.78 is 22.9. The van der Waals surface area contributed by atoms with Crippen LogP contribution in [0.4, 0.5) is 0 Å². The maximum Gasteiger partial charge on any atom is 0.241 e. The van der Waals surface area contributed by atoms with Gasteiger partial charge in [-0.1, -0.05) is 26.7 Å². The van der Waals surface area contributed by atoms with E-state index >= 15 is 0 Å². The lowest BCUT2D eigenvalue weighted by Crippen LogP contribution is -2.55. The Labute approximate surface area is 133 Å². The number of hydrogen-bond donors (Lipinski definition) is 2. The predicted molar refractivity (Wildman–Crippen MR) is 86.3 cm³/mol. The Morgan fingerprint density at radius 1 is 1.09 bits per heavy atom. The van der Waals surface area contributed by atoms with Gasteiger partial charge in [-0.2, -0.15) is 0 Å². The summed E-state index contributed by atoms with van der Waals surface area (Å²) in [4.78, 5) is 12.6. The zero-order valence-electron chi connectivity index (χ0n) is 13.9. The number of carbonyl (C=O) groups is 1. The average Bonchev–Trinajstić information content (AvgIpc) is 2.84. The number of rotatable bonds is 4. The second-order valence-corrected chi connectivity index (χ2v) is 10.4. The largest absolute Gasteiger partial charge is 0.388 e. The van der Waals surface area contributed by atoms with Crippen molar-refractivity contribution in [1.82, 2.24) is 5.32 Å². The van der Waals surface area contributed by atoms with Gasteiger partial charge in [0.2, 0.25) is 5.91 Å². The Bertz CT molecular complexity index is 534. The van der Waals surface area contributed by atoms with Gasteiger partial charge in [0.15, 0.2) is 9.84 Å². The standard InChI is InChI=1S/C16H29NO4S/c1-14(2)7-6-8-15(19,11-14)12-17-13(18)16(22(3,20)21)9-4-5-10-16/h19H,4-12H2,1-3H3,(H,17,18). The lowest BCUT2D eigenvalue weighted by atomic mass is 9.70. The second kappa shape index (κ2) is 5.78. The van der Waals surface area contributed by atoms with Gasteiger partial charge >= 0.3 is 0 Å². The summed E-state index contributed by atoms with van der Waals surface area (Å²) >= 11 is 0. The molecule has 0 heterocycles. The van der Waals surface area contributed by atoms with Gasteiger partial charge in [-0.15, -0.1) is 0 Å². The van der Waals surface area contributed by atoms with E-state index in [0.717, 1.165) is 31.9 Å². The molecule has 1 amide bonds. The van der Waals surface area contributed by atoms with Crippen molar-refractivity contribution in [3.63, 3.8) is 0 Å². The third kappa shape index (κ3) is 3.48. The summed E-state index contributed by atoms with van der Waals surface area (Å²) in [6.07, 6.45) is 6.73. The minimum absolute atomic E-state index is 0.0552. The van der Waals surface area contributed by atoms with Gasteiger partial charge in [0.05, 0.1) is 5.60 Å². The van der Waals surface area contributed by atoms with Crippen molar-refractivity contribution in [2.45, 2.75) is 75.6 Å². The van der Waals surface area contributed by atoms with Crippen molar-refractivity contribution < 1.29 is 18.3 Å². The lowest BCUT2D eigenvalue weighted by Gasteiger charge is -2.42. The molecule has 2 aliphatic carbocycles. The summed E-state index contributed by atoms with van der Waals surface area (Å²) in [5.41, 5.74) is -0.867. The van der Waals surface area contributed by atoms with E-state index in [4.69, 9.17) is 0 Å². The molecule has 128 valence electrons. The molecule has 0 saturated heterocycles. The molecule has 0 aromatic carbocycles. The first-order valence-electron chi connectivity index (χ1n) is 8.20. The molecule has 2 fully saturated rings. The first-order valence-corrected chi connectivity index (χ1v) is 10.1. The molecule has 2 N–H and O–H groups in total. The zero-order valence-corrected chi connectivity index (χ0v) is 14.8. The fourth-order valence-electron chi connectivity index (χ4n) is 4.23. The molecular formula is C16H29NO4S. The SMILES string of the molecule is CC1(C)CCCC(O)(CNC(=O)C2(S(C)(=O)=O)CCCC2)C1. The molecule has 2 rings (SSSR count). The molecule has 0 aromatic heterocycles. The van der Waals surface area contributed by atoms with Gasteiger partial charge in [0.1, 0.15) is 4.75 Å². The minimum atomic E-state index is -3.45. The van der Waals surface area contributed by atoms with E-state index in [0.29, 0.717) is 25.7 Å². The van der Waals surface area contributed by atoms with Crippen molar-refractivity contribution in [1.29, 1.82) is 0 Å². The number of aliphatic hydroxyl groups is 1. The molecule has 0 spiro atoms. The Balaban J connectivity index is 2.06. The molecular weight excluding hydrogens is 302 g/mol. The van der Waals surface area contributed by atoms with E-state index in [1.165, 1.54) is 0 Å². The number of carbonyl (C=O) groups excluding carboxylic acids is 1. The Morgan fingerprint density at radius 3 is 2.18 bits per heavy atom. The van der Waals surface area contributed by atoms with Crippen LogP contribution in [0.3, 0.4) is 0 Å². The van der Waals surface area contributed by atoms with Crippen LogP contribution < -0.4 is 5.32 Å². The van der Waals surface area contributed by atoms with Crippen LogP contribution in [0, 0.1) is 5.41 Å². The number of hydrogen-bond acceptors (Lipinski definition) is 4. The van der Waals surface area contributed by atoms with Crippen LogP contribution in [0.1, 0.15) is 65.2 Å². The van der Waals surface area contributed by atoms with E-state index in [1.807, 2.05) is 0 Å². The van der Waals surface area contributed by atoms with Crippen molar-refractivity contribution in [2.24, 2.45) is 5.41 Å². The van der Waals surface area contributed by atoms with Crippen molar-refractivity contribution >= 4 is 15.7 Å². The van der Waals surface area contributed by atoms with Crippen LogP contribution in [0.2, 0.25) is 0 Å². The highest BCUT2D eigenvalue weighted by molar-refractivity contribution is 7.92. The summed E-state index contributed by atoms with van der Waals surface area (Å²) in [5, 5.41) is 13.5. The quantitative estimate of drug-likeness (QED) is 0.823. The van der Waals surface area contributed by atoms with Crippen LogP contribution in [0.25, 0.3) is 0 Å². The number of amides is 1. The highest BCUT2D eigenvalue weighted by Crippen LogP contribution is 2.41. The monoisotopic (exact) mass is 331 g/mol.